The molecule has 0 atom stereocenters. The van der Waals surface area contributed by atoms with Gasteiger partial charge in [-0.2, -0.15) is 0 Å². The number of nitrogens with zero attached hydrogens (tertiary/aromatic N) is 1. The molecular weight excluding hydrogens is 398 g/mol. The van der Waals surface area contributed by atoms with Crippen LogP contribution >= 0.6 is 0 Å². The van der Waals surface area contributed by atoms with Crippen molar-refractivity contribution in [2.24, 2.45) is 5.73 Å². The number of likely N-dealkylation sites (tertiary alicyclic amines) is 1. The first-order chi connectivity index (χ1) is 14.8. The fourth-order valence-corrected chi connectivity index (χ4v) is 4.10. The Kier molecular flexibility index (Phi) is 5.92. The van der Waals surface area contributed by atoms with Crippen LogP contribution in [0.5, 0.6) is 0 Å². The summed E-state index contributed by atoms with van der Waals surface area (Å²) >= 11 is 0. The summed E-state index contributed by atoms with van der Waals surface area (Å²) < 4.78 is 33.0. The van der Waals surface area contributed by atoms with Crippen molar-refractivity contribution in [3.63, 3.8) is 0 Å². The van der Waals surface area contributed by atoms with Crippen molar-refractivity contribution in [1.29, 1.82) is 0 Å². The van der Waals surface area contributed by atoms with Gasteiger partial charge in [-0.05, 0) is 48.1 Å². The van der Waals surface area contributed by atoms with Crippen LogP contribution in [0.2, 0.25) is 0 Å². The maximum absolute atomic E-state index is 13.6. The van der Waals surface area contributed by atoms with Crippen LogP contribution in [-0.4, -0.2) is 23.9 Å². The van der Waals surface area contributed by atoms with Gasteiger partial charge in [0.15, 0.2) is 5.76 Å². The van der Waals surface area contributed by atoms with Gasteiger partial charge in [0.25, 0.3) is 11.8 Å². The quantitative estimate of drug-likeness (QED) is 0.585. The van der Waals surface area contributed by atoms with E-state index in [9.17, 15) is 13.6 Å². The Morgan fingerprint density at radius 1 is 1.10 bits per heavy atom. The molecule has 3 aromatic rings. The molecule has 31 heavy (non-hydrogen) atoms. The molecule has 2 aromatic carbocycles. The summed E-state index contributed by atoms with van der Waals surface area (Å²) in [6.45, 7) is 2.66. The van der Waals surface area contributed by atoms with Crippen molar-refractivity contribution in [1.82, 2.24) is 4.90 Å². The van der Waals surface area contributed by atoms with Crippen molar-refractivity contribution >= 4 is 5.91 Å². The number of benzene rings is 2. The molecule has 1 aliphatic rings. The summed E-state index contributed by atoms with van der Waals surface area (Å²) in [6, 6.07) is 17.6. The summed E-state index contributed by atoms with van der Waals surface area (Å²) in [7, 11) is 0. The molecule has 4 rings (SSSR count). The monoisotopic (exact) mass is 424 g/mol. The van der Waals surface area contributed by atoms with Crippen LogP contribution in [0.3, 0.4) is 0 Å². The summed E-state index contributed by atoms with van der Waals surface area (Å²) in [4.78, 5) is 14.7. The van der Waals surface area contributed by atoms with E-state index in [2.05, 4.69) is 12.1 Å². The van der Waals surface area contributed by atoms with E-state index in [1.807, 2.05) is 12.1 Å². The van der Waals surface area contributed by atoms with E-state index in [4.69, 9.17) is 10.2 Å². The van der Waals surface area contributed by atoms with Gasteiger partial charge in [0.05, 0.1) is 0 Å². The number of nitrogens with two attached hydrogens (primary N) is 1. The maximum Gasteiger partial charge on any atom is 0.289 e. The van der Waals surface area contributed by atoms with E-state index in [0.29, 0.717) is 36.9 Å². The summed E-state index contributed by atoms with van der Waals surface area (Å²) in [5, 5.41) is 0. The minimum atomic E-state index is -2.94. The predicted octanol–water partition coefficient (Wildman–Crippen LogP) is 5.54. The molecule has 1 aromatic heterocycles. The van der Waals surface area contributed by atoms with Crippen LogP contribution in [0.15, 0.2) is 65.1 Å². The van der Waals surface area contributed by atoms with Crippen LogP contribution in [0, 0.1) is 0 Å². The summed E-state index contributed by atoms with van der Waals surface area (Å²) in [6.07, 6.45) is 1.75. The highest BCUT2D eigenvalue weighted by Gasteiger charge is 2.27. The van der Waals surface area contributed by atoms with E-state index in [0.717, 1.165) is 25.3 Å². The van der Waals surface area contributed by atoms with Gasteiger partial charge in [0.2, 0.25) is 0 Å². The maximum atomic E-state index is 13.6. The lowest BCUT2D eigenvalue weighted by Crippen LogP contribution is -2.37. The molecular formula is C25H26F2N2O2. The highest BCUT2D eigenvalue weighted by Crippen LogP contribution is 2.32. The van der Waals surface area contributed by atoms with Crippen LogP contribution in [0.25, 0.3) is 11.3 Å². The number of amides is 1. The Morgan fingerprint density at radius 2 is 1.84 bits per heavy atom. The Balaban J connectivity index is 1.43. The average molecular weight is 424 g/mol. The van der Waals surface area contributed by atoms with Crippen molar-refractivity contribution in [2.75, 3.05) is 13.1 Å². The molecule has 0 radical (unpaired) electrons. The van der Waals surface area contributed by atoms with Crippen LogP contribution < -0.4 is 5.73 Å². The number of halogens is 2. The largest absolute Gasteiger partial charge is 0.451 e. The highest BCUT2D eigenvalue weighted by atomic mass is 19.3. The zero-order valence-electron chi connectivity index (χ0n) is 17.5. The van der Waals surface area contributed by atoms with Crippen LogP contribution in [0.4, 0.5) is 8.78 Å². The molecule has 6 heteroatoms. The van der Waals surface area contributed by atoms with Gasteiger partial charge in [-0.1, -0.05) is 42.5 Å². The lowest BCUT2D eigenvalue weighted by atomic mass is 9.88. The second-order valence-electron chi connectivity index (χ2n) is 8.15. The van der Waals surface area contributed by atoms with E-state index < -0.39 is 5.92 Å². The smallest absolute Gasteiger partial charge is 0.289 e. The molecule has 0 saturated carbocycles. The molecule has 4 nitrogen and oxygen atoms in total. The van der Waals surface area contributed by atoms with E-state index in [1.54, 1.807) is 29.2 Å². The Labute approximate surface area is 180 Å². The molecule has 1 fully saturated rings. The predicted molar refractivity (Wildman–Crippen MR) is 116 cm³/mol. The number of carbonyl (C=O) groups is 1. The fourth-order valence-electron chi connectivity index (χ4n) is 4.10. The van der Waals surface area contributed by atoms with E-state index in [-0.39, 0.29) is 17.2 Å². The van der Waals surface area contributed by atoms with Gasteiger partial charge < -0.3 is 15.1 Å². The first kappa shape index (κ1) is 21.2. The van der Waals surface area contributed by atoms with Crippen molar-refractivity contribution < 1.29 is 18.0 Å². The lowest BCUT2D eigenvalue weighted by Gasteiger charge is -2.31. The normalized spacial score (nSPS) is 15.3. The molecule has 2 N–H and O–H groups in total. The fraction of sp³-hybridized carbons (Fsp3) is 0.320. The minimum absolute atomic E-state index is 0.0879. The SMILES string of the molecule is CC(F)(F)c1cccc(-c2ccc(C(=O)N3CCC(c4cccc(CN)c4)CC3)o2)c1. The number of carbonyl (C=O) groups excluding carboxylic acids is 1. The van der Waals surface area contributed by atoms with Gasteiger partial charge in [-0.25, -0.2) is 8.78 Å². The standard InChI is InChI=1S/C25H26F2N2O2/c1-25(26,27)21-7-3-6-20(15-21)22-8-9-23(31-22)24(30)29-12-10-18(11-13-29)19-5-2-4-17(14-19)16-28/h2-9,14-15,18H,10-13,16,28H2,1H3. The molecule has 0 spiro atoms. The van der Waals surface area contributed by atoms with Crippen molar-refractivity contribution in [3.05, 3.63) is 83.1 Å². The molecule has 1 amide bonds. The third kappa shape index (κ3) is 4.69. The molecule has 2 heterocycles. The van der Waals surface area contributed by atoms with Gasteiger partial charge in [-0.3, -0.25) is 4.79 Å². The first-order valence-electron chi connectivity index (χ1n) is 10.5. The second-order valence-corrected chi connectivity index (χ2v) is 8.15. The Morgan fingerprint density at radius 3 is 2.55 bits per heavy atom. The van der Waals surface area contributed by atoms with Crippen LogP contribution in [-0.2, 0) is 12.5 Å². The summed E-state index contributed by atoms with van der Waals surface area (Å²) in [5.74, 6) is -2.07. The molecule has 0 bridgehead atoms. The Hall–Kier alpha value is -2.99. The summed E-state index contributed by atoms with van der Waals surface area (Å²) in [5.41, 5.74) is 8.57. The van der Waals surface area contributed by atoms with Crippen LogP contribution in [0.1, 0.15) is 52.9 Å². The minimum Gasteiger partial charge on any atom is -0.451 e. The van der Waals surface area contributed by atoms with E-state index in [1.165, 1.54) is 17.7 Å². The molecule has 0 aliphatic carbocycles. The third-order valence-corrected chi connectivity index (χ3v) is 5.91. The highest BCUT2D eigenvalue weighted by molar-refractivity contribution is 5.92. The third-order valence-electron chi connectivity index (χ3n) is 5.91. The second kappa shape index (κ2) is 8.63. The number of furan rings is 1. The number of hydrogen-bond donors (Lipinski definition) is 1. The van der Waals surface area contributed by atoms with Crippen molar-refractivity contribution in [3.8, 4) is 11.3 Å². The zero-order valence-corrected chi connectivity index (χ0v) is 17.5. The molecule has 1 aliphatic heterocycles. The zero-order chi connectivity index (χ0) is 22.0. The van der Waals surface area contributed by atoms with Gasteiger partial charge in [0, 0.05) is 37.7 Å². The van der Waals surface area contributed by atoms with Gasteiger partial charge in [0.1, 0.15) is 5.76 Å². The van der Waals surface area contributed by atoms with Gasteiger partial charge in [-0.15, -0.1) is 0 Å². The van der Waals surface area contributed by atoms with E-state index >= 15 is 0 Å². The average Bonchev–Trinajstić information content (AvgIpc) is 3.29. The number of hydrogen-bond acceptors (Lipinski definition) is 3. The number of alkyl halides is 2. The molecule has 1 saturated heterocycles. The topological polar surface area (TPSA) is 59.5 Å². The van der Waals surface area contributed by atoms with Crippen molar-refractivity contribution in [2.45, 2.75) is 38.2 Å². The molecule has 0 unspecified atom stereocenters. The first-order valence-corrected chi connectivity index (χ1v) is 10.5. The Bertz CT molecular complexity index is 1060. The van der Waals surface area contributed by atoms with Gasteiger partial charge >= 0.3 is 0 Å². The lowest BCUT2D eigenvalue weighted by molar-refractivity contribution is 0.0175. The number of piperidine rings is 1. The number of rotatable bonds is 5. The molecule has 162 valence electrons.